The highest BCUT2D eigenvalue weighted by Crippen LogP contribution is 2.80. The lowest BCUT2D eigenvalue weighted by Gasteiger charge is -2.70. The number of likely N-dealkylation sites (tertiary alicyclic amines) is 1. The molecular formula is C33H47NO10. The maximum Gasteiger partial charge on any atom is 0.338 e. The number of rotatable bonds is 9. The van der Waals surface area contributed by atoms with E-state index in [-0.39, 0.29) is 24.3 Å². The molecule has 1 saturated heterocycles. The number of piperidine rings is 1. The highest BCUT2D eigenvalue weighted by molar-refractivity contribution is 5.89. The zero-order valence-electron chi connectivity index (χ0n) is 26.4. The number of aliphatic hydroxyl groups is 3. The van der Waals surface area contributed by atoms with Crippen molar-refractivity contribution < 1.29 is 48.5 Å². The van der Waals surface area contributed by atoms with E-state index < -0.39 is 76.5 Å². The fourth-order valence-electron chi connectivity index (χ4n) is 12.3. The summed E-state index contributed by atoms with van der Waals surface area (Å²) in [5.74, 6) is -2.20. The average molecular weight is 618 g/mol. The Labute approximate surface area is 258 Å². The first kappa shape index (κ1) is 31.0. The molecule has 11 heteroatoms. The molecular weight excluding hydrogens is 570 g/mol. The third-order valence-corrected chi connectivity index (χ3v) is 13.2. The Kier molecular flexibility index (Phi) is 7.33. The number of hydrogen-bond donors (Lipinski definition) is 3. The Bertz CT molecular complexity index is 1270. The lowest BCUT2D eigenvalue weighted by Crippen LogP contribution is -2.81. The third-order valence-electron chi connectivity index (χ3n) is 13.2. The summed E-state index contributed by atoms with van der Waals surface area (Å²) >= 11 is 0. The average Bonchev–Trinajstić information content (AvgIpc) is 3.40. The summed E-state index contributed by atoms with van der Waals surface area (Å²) in [7, 11) is 8.09. The second kappa shape index (κ2) is 10.4. The van der Waals surface area contributed by atoms with Gasteiger partial charge in [0.05, 0.1) is 30.5 Å². The fraction of sp³-hybridized carbons (Fsp3) is 0.788. The highest BCUT2D eigenvalue weighted by atomic mass is 16.6. The van der Waals surface area contributed by atoms with Gasteiger partial charge in [0.25, 0.3) is 0 Å². The van der Waals surface area contributed by atoms with Crippen LogP contribution in [0.15, 0.2) is 30.3 Å². The van der Waals surface area contributed by atoms with Gasteiger partial charge < -0.3 is 43.7 Å². The minimum atomic E-state index is -1.71. The first-order valence-corrected chi connectivity index (χ1v) is 15.8. The third kappa shape index (κ3) is 3.31. The van der Waals surface area contributed by atoms with Gasteiger partial charge in [-0.25, -0.2) is 4.79 Å². The molecule has 44 heavy (non-hydrogen) atoms. The van der Waals surface area contributed by atoms with Crippen molar-refractivity contribution in [2.75, 3.05) is 55.2 Å². The van der Waals surface area contributed by atoms with Gasteiger partial charge in [0.1, 0.15) is 29.5 Å². The molecule has 1 aromatic carbocycles. The van der Waals surface area contributed by atoms with Crippen molar-refractivity contribution in [2.24, 2.45) is 34.5 Å². The minimum Gasteiger partial charge on any atom is -0.455 e. The maximum absolute atomic E-state index is 13.7. The van der Waals surface area contributed by atoms with Gasteiger partial charge in [-0.1, -0.05) is 25.1 Å². The molecule has 244 valence electrons. The van der Waals surface area contributed by atoms with Crippen LogP contribution < -0.4 is 0 Å². The predicted octanol–water partition coefficient (Wildman–Crippen LogP) is 0.731. The van der Waals surface area contributed by atoms with E-state index in [1.807, 2.05) is 6.07 Å². The van der Waals surface area contributed by atoms with Crippen molar-refractivity contribution in [3.8, 4) is 0 Å². The summed E-state index contributed by atoms with van der Waals surface area (Å²) in [4.78, 5) is 16.1. The molecule has 0 amide bonds. The van der Waals surface area contributed by atoms with Gasteiger partial charge in [-0.2, -0.15) is 0 Å². The van der Waals surface area contributed by atoms with E-state index in [4.69, 9.17) is 28.4 Å². The van der Waals surface area contributed by atoms with Crippen LogP contribution in [-0.2, 0) is 28.4 Å². The number of esters is 1. The largest absolute Gasteiger partial charge is 0.455 e. The summed E-state index contributed by atoms with van der Waals surface area (Å²) in [5, 5.41) is 37.1. The molecule has 5 aliphatic carbocycles. The van der Waals surface area contributed by atoms with Gasteiger partial charge >= 0.3 is 5.97 Å². The molecule has 1 spiro atoms. The molecule has 1 aromatic rings. The normalized spacial score (nSPS) is 51.8. The van der Waals surface area contributed by atoms with E-state index in [1.54, 1.807) is 52.7 Å². The van der Waals surface area contributed by atoms with Gasteiger partial charge in [0.15, 0.2) is 0 Å². The standard InChI is InChI=1S/C33H47NO10/c1-7-34-15-30(16-39-2)19(35)13-20(40-3)32-18-14-31(38)27(44-29(37)17-11-9-8-10-12-17)21(18)33(43-6,26(36)28(31)42-5)22(25(32)34)23(41-4)24(30)32/h8-12,18-28,35-36,38H,7,13-16H2,1-6H3/t18-,19-,20?,21-,22?,23?,24-,25?,26+,27+,28+,30+,31-,32?,33-/m1/s1. The van der Waals surface area contributed by atoms with Crippen LogP contribution in [0.25, 0.3) is 0 Å². The second-order valence-electron chi connectivity index (χ2n) is 14.0. The van der Waals surface area contributed by atoms with Gasteiger partial charge in [-0.3, -0.25) is 4.90 Å². The number of hydrogen-bond acceptors (Lipinski definition) is 11. The molecule has 6 fully saturated rings. The number of fused-ring (bicyclic) bond motifs is 2. The maximum atomic E-state index is 13.7. The van der Waals surface area contributed by atoms with E-state index in [0.29, 0.717) is 31.7 Å². The summed E-state index contributed by atoms with van der Waals surface area (Å²) in [6.07, 6.45) is -4.42. The molecule has 11 nitrogen and oxygen atoms in total. The Balaban J connectivity index is 1.50. The van der Waals surface area contributed by atoms with E-state index in [2.05, 4.69) is 11.8 Å². The molecule has 3 N–H and O–H groups in total. The molecule has 7 bridgehead atoms. The van der Waals surface area contributed by atoms with E-state index in [0.717, 1.165) is 0 Å². The van der Waals surface area contributed by atoms with Crippen LogP contribution in [0.5, 0.6) is 0 Å². The summed E-state index contributed by atoms with van der Waals surface area (Å²) in [6.45, 7) is 3.68. The van der Waals surface area contributed by atoms with Gasteiger partial charge in [0, 0.05) is 83.1 Å². The number of benzene rings is 1. The Morgan fingerprint density at radius 3 is 2.32 bits per heavy atom. The topological polar surface area (TPSA) is 136 Å². The molecule has 0 aromatic heterocycles. The second-order valence-corrected chi connectivity index (χ2v) is 14.0. The van der Waals surface area contributed by atoms with Crippen molar-refractivity contribution >= 4 is 5.97 Å². The van der Waals surface area contributed by atoms with Gasteiger partial charge in [-0.05, 0) is 31.0 Å². The lowest BCUT2D eigenvalue weighted by molar-refractivity contribution is -0.325. The Morgan fingerprint density at radius 1 is 1.00 bits per heavy atom. The summed E-state index contributed by atoms with van der Waals surface area (Å²) in [6, 6.07) is 8.55. The summed E-state index contributed by atoms with van der Waals surface area (Å²) < 4.78 is 37.7. The van der Waals surface area contributed by atoms with Gasteiger partial charge in [0.2, 0.25) is 0 Å². The molecule has 1 heterocycles. The first-order valence-electron chi connectivity index (χ1n) is 15.8. The quantitative estimate of drug-likeness (QED) is 0.339. The zero-order chi connectivity index (χ0) is 31.4. The minimum absolute atomic E-state index is 0.177. The number of carbonyl (C=O) groups is 1. The van der Waals surface area contributed by atoms with Crippen molar-refractivity contribution in [2.45, 2.75) is 73.6 Å². The van der Waals surface area contributed by atoms with Crippen LogP contribution in [0.2, 0.25) is 0 Å². The molecule has 0 radical (unpaired) electrons. The lowest BCUT2D eigenvalue weighted by atomic mass is 9.42. The van der Waals surface area contributed by atoms with E-state index in [9.17, 15) is 20.1 Å². The smallest absolute Gasteiger partial charge is 0.338 e. The SMILES string of the molecule is CCN1C[C@]2(COC)[C@H](O)CC(OC)C34C1C(C(OC)[C@@H]32)[C@]1(OC)[C@@H]2[C@H]4C[C@@](O)([C@H]2OC(=O)c2ccccc2)[C@@H](OC)[C@@H]1O. The number of carbonyl (C=O) groups excluding carboxylic acids is 1. The van der Waals surface area contributed by atoms with Gasteiger partial charge in [-0.15, -0.1) is 0 Å². The van der Waals surface area contributed by atoms with Crippen LogP contribution in [0.3, 0.4) is 0 Å². The van der Waals surface area contributed by atoms with Crippen molar-refractivity contribution in [3.63, 3.8) is 0 Å². The van der Waals surface area contributed by atoms with Crippen LogP contribution in [-0.4, -0.2) is 135 Å². The van der Waals surface area contributed by atoms with Crippen LogP contribution >= 0.6 is 0 Å². The van der Waals surface area contributed by atoms with Crippen molar-refractivity contribution in [1.82, 2.24) is 4.90 Å². The fourth-order valence-corrected chi connectivity index (χ4v) is 12.3. The molecule has 5 saturated carbocycles. The number of aliphatic hydroxyl groups excluding tert-OH is 2. The monoisotopic (exact) mass is 617 g/mol. The van der Waals surface area contributed by atoms with Crippen LogP contribution in [0.4, 0.5) is 0 Å². The van der Waals surface area contributed by atoms with Crippen molar-refractivity contribution in [3.05, 3.63) is 35.9 Å². The number of methoxy groups -OCH3 is 5. The number of nitrogens with zero attached hydrogens (tertiary/aromatic N) is 1. The summed E-state index contributed by atoms with van der Waals surface area (Å²) in [5.41, 5.74) is -4.01. The predicted molar refractivity (Wildman–Crippen MR) is 156 cm³/mol. The molecule has 5 unspecified atom stereocenters. The Hall–Kier alpha value is -1.67. The molecule has 1 aliphatic heterocycles. The molecule has 7 rings (SSSR count). The number of ether oxygens (including phenoxy) is 6. The van der Waals surface area contributed by atoms with Crippen molar-refractivity contribution in [1.29, 1.82) is 0 Å². The van der Waals surface area contributed by atoms with E-state index in [1.165, 1.54) is 7.11 Å². The van der Waals surface area contributed by atoms with E-state index >= 15 is 0 Å². The van der Waals surface area contributed by atoms with Crippen LogP contribution in [0.1, 0.15) is 30.1 Å². The van der Waals surface area contributed by atoms with Crippen LogP contribution in [0, 0.1) is 34.5 Å². The Morgan fingerprint density at radius 2 is 1.73 bits per heavy atom. The highest BCUT2D eigenvalue weighted by Gasteiger charge is 2.91. The zero-order valence-corrected chi connectivity index (χ0v) is 26.4. The first-order chi connectivity index (χ1) is 21.1. The molecule has 15 atom stereocenters. The molecule has 6 aliphatic rings.